The first-order chi connectivity index (χ1) is 12.3. The first-order valence-corrected chi connectivity index (χ1v) is 10.1. The van der Waals surface area contributed by atoms with E-state index in [2.05, 4.69) is 4.99 Å². The minimum absolute atomic E-state index is 0.293. The fourth-order valence-electron chi connectivity index (χ4n) is 2.28. The van der Waals surface area contributed by atoms with Crippen LogP contribution < -0.4 is 4.74 Å². The molecule has 0 heterocycles. The Morgan fingerprint density at radius 2 is 1.89 bits per heavy atom. The molecule has 6 nitrogen and oxygen atoms in total. The standard InChI is InChI=1S/C17H25F3N2O4S/c1-6-22(4)11-21-14-9-15(26-5)13(8-12(14)3)16(23,17(18,19)20)10-27(24,25)7-2/h8-9,11,23H,6-7,10H2,1-5H3/b21-11+. The zero-order chi connectivity index (χ0) is 21.0. The molecule has 0 amide bonds. The largest absolute Gasteiger partial charge is 0.496 e. The van der Waals surface area contributed by atoms with Crippen LogP contribution in [-0.4, -0.2) is 63.1 Å². The zero-order valence-corrected chi connectivity index (χ0v) is 16.8. The topological polar surface area (TPSA) is 79.2 Å². The van der Waals surface area contributed by atoms with E-state index >= 15 is 0 Å². The summed E-state index contributed by atoms with van der Waals surface area (Å²) in [6.45, 7) is 5.32. The van der Waals surface area contributed by atoms with E-state index in [4.69, 9.17) is 4.74 Å². The third-order valence-corrected chi connectivity index (χ3v) is 5.93. The van der Waals surface area contributed by atoms with Gasteiger partial charge in [-0.3, -0.25) is 0 Å². The van der Waals surface area contributed by atoms with Crippen molar-refractivity contribution in [3.8, 4) is 5.75 Å². The summed E-state index contributed by atoms with van der Waals surface area (Å²) in [6.07, 6.45) is -3.71. The van der Waals surface area contributed by atoms with Crippen LogP contribution in [0.15, 0.2) is 17.1 Å². The number of rotatable bonds is 8. The molecule has 0 aromatic heterocycles. The number of alkyl halides is 3. The van der Waals surface area contributed by atoms with Crippen molar-refractivity contribution in [3.05, 3.63) is 23.3 Å². The second-order valence-corrected chi connectivity index (χ2v) is 8.54. The molecule has 0 saturated heterocycles. The lowest BCUT2D eigenvalue weighted by Gasteiger charge is -2.32. The average molecular weight is 410 g/mol. The molecule has 0 bridgehead atoms. The summed E-state index contributed by atoms with van der Waals surface area (Å²) < 4.78 is 69.9. The van der Waals surface area contributed by atoms with Crippen molar-refractivity contribution in [2.24, 2.45) is 4.99 Å². The number of sulfone groups is 1. The summed E-state index contributed by atoms with van der Waals surface area (Å²) in [4.78, 5) is 5.96. The van der Waals surface area contributed by atoms with Gasteiger partial charge in [0.1, 0.15) is 5.75 Å². The summed E-state index contributed by atoms with van der Waals surface area (Å²) in [7, 11) is -1.22. The van der Waals surface area contributed by atoms with Crippen LogP contribution in [0.5, 0.6) is 5.75 Å². The molecule has 1 atom stereocenters. The van der Waals surface area contributed by atoms with Gasteiger partial charge in [0.25, 0.3) is 0 Å². The lowest BCUT2D eigenvalue weighted by atomic mass is 9.92. The average Bonchev–Trinajstić information content (AvgIpc) is 2.58. The lowest BCUT2D eigenvalue weighted by Crippen LogP contribution is -2.48. The first kappa shape index (κ1) is 23.2. The van der Waals surface area contributed by atoms with Crippen LogP contribution in [0.2, 0.25) is 0 Å². The smallest absolute Gasteiger partial charge is 0.422 e. The maximum absolute atomic E-state index is 13.7. The fourth-order valence-corrected chi connectivity index (χ4v) is 3.44. The maximum Gasteiger partial charge on any atom is 0.422 e. The van der Waals surface area contributed by atoms with Crippen LogP contribution in [0.1, 0.15) is 25.0 Å². The molecule has 27 heavy (non-hydrogen) atoms. The monoisotopic (exact) mass is 410 g/mol. The van der Waals surface area contributed by atoms with Crippen molar-refractivity contribution in [1.82, 2.24) is 4.90 Å². The van der Waals surface area contributed by atoms with Crippen LogP contribution in [0, 0.1) is 6.92 Å². The number of aryl methyl sites for hydroxylation is 1. The summed E-state index contributed by atoms with van der Waals surface area (Å²) in [5.41, 5.74) is -3.57. The Balaban J connectivity index is 3.60. The number of aliphatic imine (C=N–C) groups is 1. The highest BCUT2D eigenvalue weighted by atomic mass is 32.2. The van der Waals surface area contributed by atoms with Gasteiger partial charge in [-0.1, -0.05) is 6.92 Å². The van der Waals surface area contributed by atoms with E-state index < -0.39 is 38.7 Å². The number of methoxy groups -OCH3 is 1. The van der Waals surface area contributed by atoms with Crippen molar-refractivity contribution in [2.75, 3.05) is 32.2 Å². The third kappa shape index (κ3) is 5.35. The molecular weight excluding hydrogens is 385 g/mol. The molecule has 154 valence electrons. The molecule has 0 aliphatic carbocycles. The highest BCUT2D eigenvalue weighted by Crippen LogP contribution is 2.45. The van der Waals surface area contributed by atoms with Gasteiger partial charge >= 0.3 is 6.18 Å². The molecule has 10 heteroatoms. The Hall–Kier alpha value is -1.81. The molecule has 0 radical (unpaired) electrons. The number of ether oxygens (including phenoxy) is 1. The van der Waals surface area contributed by atoms with Gasteiger partial charge in [-0.05, 0) is 25.5 Å². The van der Waals surface area contributed by atoms with Crippen molar-refractivity contribution in [2.45, 2.75) is 32.5 Å². The van der Waals surface area contributed by atoms with Crippen LogP contribution in [-0.2, 0) is 15.4 Å². The SMILES string of the molecule is CCN(C)/C=N/c1cc(OC)c(C(O)(CS(=O)(=O)CC)C(F)(F)F)cc1C. The molecule has 0 aliphatic heterocycles. The Kier molecular flexibility index (Phi) is 7.29. The van der Waals surface area contributed by atoms with Gasteiger partial charge < -0.3 is 14.7 Å². The van der Waals surface area contributed by atoms with Crippen molar-refractivity contribution in [1.29, 1.82) is 0 Å². The molecular formula is C17H25F3N2O4S. The number of halogens is 3. The Morgan fingerprint density at radius 1 is 1.30 bits per heavy atom. The Labute approximate surface area is 157 Å². The highest BCUT2D eigenvalue weighted by Gasteiger charge is 2.58. The number of hydrogen-bond donors (Lipinski definition) is 1. The Morgan fingerprint density at radius 3 is 2.33 bits per heavy atom. The highest BCUT2D eigenvalue weighted by molar-refractivity contribution is 7.91. The summed E-state index contributed by atoms with van der Waals surface area (Å²) in [5, 5.41) is 10.4. The number of hydrogen-bond acceptors (Lipinski definition) is 5. The second kappa shape index (κ2) is 8.47. The van der Waals surface area contributed by atoms with E-state index in [0.29, 0.717) is 17.8 Å². The van der Waals surface area contributed by atoms with Gasteiger partial charge in [-0.25, -0.2) is 13.4 Å². The normalized spacial score (nSPS) is 15.0. The molecule has 0 spiro atoms. The molecule has 0 fully saturated rings. The lowest BCUT2D eigenvalue weighted by molar-refractivity contribution is -0.257. The minimum atomic E-state index is -5.22. The fraction of sp³-hybridized carbons (Fsp3) is 0.588. The van der Waals surface area contributed by atoms with Crippen molar-refractivity contribution >= 4 is 21.9 Å². The Bertz CT molecular complexity index is 794. The number of aliphatic hydroxyl groups is 1. The summed E-state index contributed by atoms with van der Waals surface area (Å²) >= 11 is 0. The molecule has 1 N–H and O–H groups in total. The van der Waals surface area contributed by atoms with Gasteiger partial charge in [0, 0.05) is 31.0 Å². The van der Waals surface area contributed by atoms with Gasteiger partial charge in [0.15, 0.2) is 9.84 Å². The van der Waals surface area contributed by atoms with Crippen LogP contribution in [0.4, 0.5) is 18.9 Å². The second-order valence-electron chi connectivity index (χ2n) is 6.19. The summed E-state index contributed by atoms with van der Waals surface area (Å²) in [6, 6.07) is 2.32. The van der Waals surface area contributed by atoms with Crippen LogP contribution in [0.25, 0.3) is 0 Å². The third-order valence-electron chi connectivity index (χ3n) is 4.19. The zero-order valence-electron chi connectivity index (χ0n) is 16.0. The van der Waals surface area contributed by atoms with E-state index in [-0.39, 0.29) is 5.75 Å². The van der Waals surface area contributed by atoms with Gasteiger partial charge in [-0.2, -0.15) is 13.2 Å². The molecule has 1 rings (SSSR count). The minimum Gasteiger partial charge on any atom is -0.496 e. The van der Waals surface area contributed by atoms with E-state index in [9.17, 15) is 26.7 Å². The maximum atomic E-state index is 13.7. The molecule has 1 aromatic rings. The van der Waals surface area contributed by atoms with E-state index in [1.165, 1.54) is 26.3 Å². The van der Waals surface area contributed by atoms with Crippen molar-refractivity contribution in [3.63, 3.8) is 0 Å². The quantitative estimate of drug-likeness (QED) is 0.527. The summed E-state index contributed by atoms with van der Waals surface area (Å²) in [5.74, 6) is -2.31. The van der Waals surface area contributed by atoms with Gasteiger partial charge in [0.2, 0.25) is 5.60 Å². The van der Waals surface area contributed by atoms with Gasteiger partial charge in [0.05, 0.1) is 24.9 Å². The van der Waals surface area contributed by atoms with E-state index in [1.807, 2.05) is 6.92 Å². The van der Waals surface area contributed by atoms with E-state index in [1.54, 1.807) is 11.9 Å². The van der Waals surface area contributed by atoms with Crippen LogP contribution in [0.3, 0.4) is 0 Å². The first-order valence-electron chi connectivity index (χ1n) is 8.24. The molecule has 1 aromatic carbocycles. The number of nitrogens with zero attached hydrogens (tertiary/aromatic N) is 2. The molecule has 0 saturated carbocycles. The van der Waals surface area contributed by atoms with E-state index in [0.717, 1.165) is 13.2 Å². The predicted molar refractivity (Wildman–Crippen MR) is 98.5 cm³/mol. The van der Waals surface area contributed by atoms with Crippen molar-refractivity contribution < 1.29 is 31.4 Å². The molecule has 1 unspecified atom stereocenters. The van der Waals surface area contributed by atoms with Gasteiger partial charge in [-0.15, -0.1) is 0 Å². The number of benzene rings is 1. The predicted octanol–water partition coefficient (Wildman–Crippen LogP) is 2.80. The molecule has 0 aliphatic rings. The van der Waals surface area contributed by atoms with Crippen LogP contribution >= 0.6 is 0 Å².